The lowest BCUT2D eigenvalue weighted by molar-refractivity contribution is -0.147. The summed E-state index contributed by atoms with van der Waals surface area (Å²) in [5.74, 6) is -1.02. The lowest BCUT2D eigenvalue weighted by Gasteiger charge is -2.44. The van der Waals surface area contributed by atoms with Gasteiger partial charge in [-0.2, -0.15) is 8.78 Å². The first-order valence-corrected chi connectivity index (χ1v) is 9.36. The fourth-order valence-electron chi connectivity index (χ4n) is 3.66. The highest BCUT2D eigenvalue weighted by Gasteiger charge is 2.49. The first kappa shape index (κ1) is 22.3. The third kappa shape index (κ3) is 4.34. The van der Waals surface area contributed by atoms with E-state index in [9.17, 15) is 23.5 Å². The highest BCUT2D eigenvalue weighted by molar-refractivity contribution is 6.37. The van der Waals surface area contributed by atoms with Gasteiger partial charge in [0.25, 0.3) is 0 Å². The molecule has 1 aromatic carbocycles. The topological polar surface area (TPSA) is 66.8 Å². The van der Waals surface area contributed by atoms with Crippen molar-refractivity contribution in [1.29, 1.82) is 0 Å². The monoisotopic (exact) mass is 433 g/mol. The lowest BCUT2D eigenvalue weighted by Crippen LogP contribution is -2.60. The number of terminal acetylenes is 1. The van der Waals surface area contributed by atoms with Gasteiger partial charge in [-0.15, -0.1) is 6.42 Å². The quantitative estimate of drug-likeness (QED) is 0.642. The van der Waals surface area contributed by atoms with Crippen LogP contribution in [-0.4, -0.2) is 29.1 Å². The summed E-state index contributed by atoms with van der Waals surface area (Å²) < 4.78 is 29.4. The number of anilines is 1. The summed E-state index contributed by atoms with van der Waals surface area (Å²) in [4.78, 5) is 25.8. The molecule has 1 aromatic rings. The number of carbonyl (C=O) groups is 2. The number of ether oxygens (including phenoxy) is 1. The largest absolute Gasteiger partial charge is 0.479 e. The van der Waals surface area contributed by atoms with Crippen LogP contribution in [0.2, 0.25) is 10.0 Å². The van der Waals surface area contributed by atoms with E-state index in [1.807, 2.05) is 5.92 Å². The van der Waals surface area contributed by atoms with Crippen LogP contribution < -0.4 is 9.64 Å². The third-order valence-electron chi connectivity index (χ3n) is 5.07. The average molecular weight is 434 g/mol. The maximum Gasteiger partial charge on any atom is 0.387 e. The Kier molecular flexibility index (Phi) is 7.13. The van der Waals surface area contributed by atoms with Gasteiger partial charge in [-0.25, -0.2) is 4.79 Å². The van der Waals surface area contributed by atoms with E-state index in [1.54, 1.807) is 0 Å². The van der Waals surface area contributed by atoms with Crippen LogP contribution in [0.3, 0.4) is 0 Å². The fourth-order valence-corrected chi connectivity index (χ4v) is 4.22. The zero-order valence-corrected chi connectivity index (χ0v) is 16.6. The number of hydrogen-bond acceptors (Lipinski definition) is 3. The van der Waals surface area contributed by atoms with Crippen molar-refractivity contribution in [3.8, 4) is 18.1 Å². The van der Waals surface area contributed by atoms with Crippen LogP contribution in [-0.2, 0) is 9.59 Å². The Bertz CT molecular complexity index is 783. The second kappa shape index (κ2) is 8.97. The molecule has 1 fully saturated rings. The van der Waals surface area contributed by atoms with Crippen LogP contribution in [0.4, 0.5) is 14.5 Å². The van der Waals surface area contributed by atoms with Crippen molar-refractivity contribution in [2.45, 2.75) is 51.2 Å². The molecule has 1 unspecified atom stereocenters. The standard InChI is InChI=1S/C19H19Cl2F2NO4/c1-3-15(25)24(19(2,17(26)27)11-7-5-4-6-8-11)12-9-13(20)16(14(21)10-12)28-18(22)23/h1,9-11,18H,4-8H2,2H3,(H,26,27). The van der Waals surface area contributed by atoms with Gasteiger partial charge in [0, 0.05) is 5.69 Å². The number of rotatable bonds is 6. The Morgan fingerprint density at radius 3 is 2.25 bits per heavy atom. The summed E-state index contributed by atoms with van der Waals surface area (Å²) in [6.45, 7) is -1.73. The minimum absolute atomic E-state index is 0.00459. The van der Waals surface area contributed by atoms with Crippen LogP contribution in [0.5, 0.6) is 5.75 Å². The number of carboxylic acid groups (broad SMARTS) is 1. The first-order valence-electron chi connectivity index (χ1n) is 8.61. The van der Waals surface area contributed by atoms with E-state index in [0.717, 1.165) is 36.3 Å². The summed E-state index contributed by atoms with van der Waals surface area (Å²) in [7, 11) is 0. The molecule has 0 spiro atoms. The molecule has 1 amide bonds. The number of carbonyl (C=O) groups excluding carboxylic acids is 1. The van der Waals surface area contributed by atoms with Crippen molar-refractivity contribution < 1.29 is 28.2 Å². The predicted molar refractivity (Wildman–Crippen MR) is 102 cm³/mol. The SMILES string of the molecule is C#CC(=O)N(c1cc(Cl)c(OC(F)F)c(Cl)c1)C(C)(C(=O)O)C1CCCCC1. The number of carboxylic acids is 1. The van der Waals surface area contributed by atoms with Gasteiger partial charge >= 0.3 is 18.5 Å². The summed E-state index contributed by atoms with van der Waals surface area (Å²) >= 11 is 12.0. The van der Waals surface area contributed by atoms with E-state index >= 15 is 0 Å². The highest BCUT2D eigenvalue weighted by Crippen LogP contribution is 2.43. The minimum Gasteiger partial charge on any atom is -0.479 e. The number of aliphatic carboxylic acids is 1. The van der Waals surface area contributed by atoms with Gasteiger partial charge < -0.3 is 9.84 Å². The van der Waals surface area contributed by atoms with E-state index in [4.69, 9.17) is 29.6 Å². The zero-order chi connectivity index (χ0) is 21.1. The average Bonchev–Trinajstić information content (AvgIpc) is 2.64. The molecule has 0 radical (unpaired) electrons. The summed E-state index contributed by atoms with van der Waals surface area (Å²) in [6, 6.07) is 2.29. The van der Waals surface area contributed by atoms with Crippen LogP contribution in [0.25, 0.3) is 0 Å². The smallest absolute Gasteiger partial charge is 0.387 e. The molecule has 0 aromatic heterocycles. The van der Waals surface area contributed by atoms with Crippen molar-refractivity contribution >= 4 is 40.8 Å². The molecule has 0 heterocycles. The second-order valence-electron chi connectivity index (χ2n) is 6.69. The molecule has 1 aliphatic carbocycles. The molecule has 1 N–H and O–H groups in total. The molecule has 5 nitrogen and oxygen atoms in total. The van der Waals surface area contributed by atoms with E-state index in [-0.39, 0.29) is 21.7 Å². The molecule has 0 bridgehead atoms. The van der Waals surface area contributed by atoms with Gasteiger partial charge in [0.05, 0.1) is 10.0 Å². The van der Waals surface area contributed by atoms with E-state index < -0.39 is 29.8 Å². The number of alkyl halides is 2. The molecule has 1 aliphatic rings. The van der Waals surface area contributed by atoms with E-state index in [1.165, 1.54) is 6.92 Å². The van der Waals surface area contributed by atoms with Gasteiger partial charge in [-0.05, 0) is 43.7 Å². The van der Waals surface area contributed by atoms with Crippen LogP contribution >= 0.6 is 23.2 Å². The van der Waals surface area contributed by atoms with Gasteiger partial charge in [-0.1, -0.05) is 42.5 Å². The van der Waals surface area contributed by atoms with Crippen molar-refractivity contribution in [2.24, 2.45) is 5.92 Å². The molecule has 1 saturated carbocycles. The third-order valence-corrected chi connectivity index (χ3v) is 5.63. The van der Waals surface area contributed by atoms with Crippen molar-refractivity contribution in [1.82, 2.24) is 0 Å². The number of halogens is 4. The van der Waals surface area contributed by atoms with Crippen molar-refractivity contribution in [3.05, 3.63) is 22.2 Å². The van der Waals surface area contributed by atoms with E-state index in [2.05, 4.69) is 4.74 Å². The lowest BCUT2D eigenvalue weighted by atomic mass is 9.74. The molecule has 1 atom stereocenters. The molecule has 2 rings (SSSR count). The van der Waals surface area contributed by atoms with Crippen molar-refractivity contribution in [3.63, 3.8) is 0 Å². The number of benzene rings is 1. The van der Waals surface area contributed by atoms with Gasteiger partial charge in [0.1, 0.15) is 5.54 Å². The normalized spacial score (nSPS) is 16.9. The zero-order valence-electron chi connectivity index (χ0n) is 15.1. The first-order chi connectivity index (χ1) is 13.1. The Morgan fingerprint density at radius 1 is 1.29 bits per heavy atom. The Labute approximate surface area is 171 Å². The fraction of sp³-hybridized carbons (Fsp3) is 0.474. The molecule has 0 aliphatic heterocycles. The van der Waals surface area contributed by atoms with Gasteiger partial charge in [0.15, 0.2) is 5.75 Å². The van der Waals surface area contributed by atoms with Gasteiger partial charge in [-0.3, -0.25) is 9.69 Å². The second-order valence-corrected chi connectivity index (χ2v) is 7.50. The van der Waals surface area contributed by atoms with E-state index in [0.29, 0.717) is 12.8 Å². The van der Waals surface area contributed by atoms with Crippen LogP contribution in [0.15, 0.2) is 12.1 Å². The molecular weight excluding hydrogens is 415 g/mol. The maximum absolute atomic E-state index is 12.6. The molecule has 28 heavy (non-hydrogen) atoms. The maximum atomic E-state index is 12.6. The Balaban J connectivity index is 2.61. The molecule has 9 heteroatoms. The number of nitrogens with zero attached hydrogens (tertiary/aromatic N) is 1. The van der Waals surface area contributed by atoms with Crippen molar-refractivity contribution in [2.75, 3.05) is 4.90 Å². The minimum atomic E-state index is -3.16. The number of hydrogen-bond donors (Lipinski definition) is 1. The van der Waals surface area contributed by atoms with Crippen LogP contribution in [0, 0.1) is 18.3 Å². The van der Waals surface area contributed by atoms with Gasteiger partial charge in [0.2, 0.25) is 0 Å². The van der Waals surface area contributed by atoms with Crippen LogP contribution in [0.1, 0.15) is 39.0 Å². The molecular formula is C19H19Cl2F2NO4. The Hall–Kier alpha value is -2.04. The molecule has 0 saturated heterocycles. The number of amides is 1. The predicted octanol–water partition coefficient (Wildman–Crippen LogP) is 4.98. The Morgan fingerprint density at radius 2 is 1.82 bits per heavy atom. The summed E-state index contributed by atoms with van der Waals surface area (Å²) in [5, 5.41) is 9.43. The summed E-state index contributed by atoms with van der Waals surface area (Å²) in [6.07, 6.45) is 9.12. The summed E-state index contributed by atoms with van der Waals surface area (Å²) in [5.41, 5.74) is -1.67. The molecule has 152 valence electrons. The highest BCUT2D eigenvalue weighted by atomic mass is 35.5.